The summed E-state index contributed by atoms with van der Waals surface area (Å²) in [6.07, 6.45) is 11.2. The van der Waals surface area contributed by atoms with Crippen LogP contribution in [-0.2, 0) is 13.0 Å². The maximum Gasteiger partial charge on any atom is 0.106 e. The van der Waals surface area contributed by atoms with Gasteiger partial charge >= 0.3 is 0 Å². The topological polar surface area (TPSA) is 58.5 Å². The average molecular weight is 231 g/mol. The molecule has 2 heterocycles. The lowest BCUT2D eigenvalue weighted by Gasteiger charge is -2.01. The minimum Gasteiger partial charge on any atom is -0.349 e. The van der Waals surface area contributed by atoms with Crippen molar-refractivity contribution < 1.29 is 0 Å². The Balaban J connectivity index is 1.61. The molecule has 0 unspecified atom stereocenters. The van der Waals surface area contributed by atoms with Crippen molar-refractivity contribution in [2.75, 3.05) is 6.54 Å². The van der Waals surface area contributed by atoms with Crippen LogP contribution in [0.4, 0.5) is 0 Å². The normalized spacial score (nSPS) is 10.6. The third kappa shape index (κ3) is 3.57. The number of aryl methyl sites for hydroxylation is 1. The van der Waals surface area contributed by atoms with Gasteiger partial charge in [-0.05, 0) is 13.0 Å². The maximum atomic E-state index is 4.18. The zero-order valence-corrected chi connectivity index (χ0v) is 9.76. The second kappa shape index (κ2) is 6.00. The second-order valence-electron chi connectivity index (χ2n) is 3.83. The van der Waals surface area contributed by atoms with Crippen LogP contribution in [-0.4, -0.2) is 26.3 Å². The lowest BCUT2D eigenvalue weighted by molar-refractivity contribution is 0.641. The van der Waals surface area contributed by atoms with Gasteiger partial charge in [0.15, 0.2) is 0 Å². The van der Waals surface area contributed by atoms with Crippen molar-refractivity contribution in [3.05, 3.63) is 42.8 Å². The van der Waals surface area contributed by atoms with Gasteiger partial charge in [-0.25, -0.2) is 9.67 Å². The smallest absolute Gasteiger partial charge is 0.106 e. The summed E-state index contributed by atoms with van der Waals surface area (Å²) < 4.78 is 1.71. The van der Waals surface area contributed by atoms with Crippen molar-refractivity contribution in [2.45, 2.75) is 19.4 Å². The molecule has 0 radical (unpaired) electrons. The molecule has 0 aliphatic heterocycles. The van der Waals surface area contributed by atoms with E-state index in [-0.39, 0.29) is 0 Å². The van der Waals surface area contributed by atoms with Gasteiger partial charge in [-0.2, -0.15) is 5.10 Å². The van der Waals surface area contributed by atoms with Gasteiger partial charge in [0.1, 0.15) is 5.82 Å². The van der Waals surface area contributed by atoms with E-state index >= 15 is 0 Å². The van der Waals surface area contributed by atoms with Gasteiger partial charge in [0.2, 0.25) is 0 Å². The Labute approximate surface area is 101 Å². The molecule has 0 aromatic carbocycles. The molecule has 0 spiro atoms. The highest BCUT2D eigenvalue weighted by atomic mass is 15.2. The second-order valence-corrected chi connectivity index (χ2v) is 3.83. The Morgan fingerprint density at radius 3 is 3.18 bits per heavy atom. The predicted molar refractivity (Wildman–Crippen MR) is 67.2 cm³/mol. The average Bonchev–Trinajstić information content (AvgIpc) is 2.99. The molecule has 0 saturated carbocycles. The van der Waals surface area contributed by atoms with Crippen molar-refractivity contribution in [2.24, 2.45) is 0 Å². The number of aromatic nitrogens is 4. The van der Waals surface area contributed by atoms with Crippen LogP contribution in [0.25, 0.3) is 6.20 Å². The predicted octanol–water partition coefficient (Wildman–Crippen LogP) is 1.43. The highest BCUT2D eigenvalue weighted by molar-refractivity contribution is 5.17. The fourth-order valence-corrected chi connectivity index (χ4v) is 1.62. The van der Waals surface area contributed by atoms with Crippen LogP contribution in [0, 0.1) is 0 Å². The molecule has 2 rings (SSSR count). The summed E-state index contributed by atoms with van der Waals surface area (Å²) >= 11 is 0. The summed E-state index contributed by atoms with van der Waals surface area (Å²) in [6, 6.07) is 0. The van der Waals surface area contributed by atoms with Gasteiger partial charge in [-0.1, -0.05) is 6.58 Å². The van der Waals surface area contributed by atoms with Gasteiger partial charge in [0.25, 0.3) is 0 Å². The Hall–Kier alpha value is -1.88. The number of nitrogens with zero attached hydrogens (tertiary/aromatic N) is 3. The fraction of sp³-hybridized carbons (Fsp3) is 0.333. The molecule has 0 fully saturated rings. The lowest BCUT2D eigenvalue weighted by atomic mass is 10.3. The first-order valence-corrected chi connectivity index (χ1v) is 5.73. The van der Waals surface area contributed by atoms with Crippen LogP contribution in [0.1, 0.15) is 17.8 Å². The van der Waals surface area contributed by atoms with E-state index in [9.17, 15) is 0 Å². The molecule has 0 atom stereocenters. The molecule has 0 aliphatic carbocycles. The zero-order chi connectivity index (χ0) is 11.9. The minimum absolute atomic E-state index is 0.839. The van der Waals surface area contributed by atoms with Gasteiger partial charge in [0.05, 0.1) is 6.20 Å². The summed E-state index contributed by atoms with van der Waals surface area (Å²) in [7, 11) is 0. The summed E-state index contributed by atoms with van der Waals surface area (Å²) in [4.78, 5) is 7.27. The first kappa shape index (κ1) is 11.6. The van der Waals surface area contributed by atoms with E-state index in [1.165, 1.54) is 5.56 Å². The molecule has 2 aromatic rings. The molecule has 0 amide bonds. The van der Waals surface area contributed by atoms with Gasteiger partial charge in [-0.3, -0.25) is 0 Å². The standard InChI is InChI=1S/C12H17N5/c1-2-17-10-11(9-16-17)8-13-5-3-4-12-14-6-7-15-12/h2,6-7,9-10,13H,1,3-5,8H2,(H,14,15). The summed E-state index contributed by atoms with van der Waals surface area (Å²) in [5.41, 5.74) is 1.17. The van der Waals surface area contributed by atoms with Crippen LogP contribution < -0.4 is 5.32 Å². The summed E-state index contributed by atoms with van der Waals surface area (Å²) in [5.74, 6) is 1.05. The SMILES string of the molecule is C=Cn1cc(CNCCCc2ncc[nH]2)cn1. The third-order valence-corrected chi connectivity index (χ3v) is 2.49. The van der Waals surface area contributed by atoms with Crippen LogP contribution in [0.5, 0.6) is 0 Å². The minimum atomic E-state index is 0.839. The molecule has 0 saturated heterocycles. The van der Waals surface area contributed by atoms with E-state index in [1.807, 2.05) is 18.6 Å². The Morgan fingerprint density at radius 1 is 1.53 bits per heavy atom. The molecular formula is C12H17N5. The van der Waals surface area contributed by atoms with Crippen molar-refractivity contribution in [3.63, 3.8) is 0 Å². The fourth-order valence-electron chi connectivity index (χ4n) is 1.62. The van der Waals surface area contributed by atoms with E-state index in [4.69, 9.17) is 0 Å². The van der Waals surface area contributed by atoms with E-state index < -0.39 is 0 Å². The van der Waals surface area contributed by atoms with Crippen LogP contribution in [0.3, 0.4) is 0 Å². The van der Waals surface area contributed by atoms with E-state index in [0.717, 1.165) is 31.8 Å². The number of rotatable bonds is 7. The van der Waals surface area contributed by atoms with Crippen molar-refractivity contribution in [1.29, 1.82) is 0 Å². The molecule has 17 heavy (non-hydrogen) atoms. The number of H-pyrrole nitrogens is 1. The first-order chi connectivity index (χ1) is 8.38. The monoisotopic (exact) mass is 231 g/mol. The zero-order valence-electron chi connectivity index (χ0n) is 9.76. The molecule has 5 heteroatoms. The highest BCUT2D eigenvalue weighted by Crippen LogP contribution is 1.98. The van der Waals surface area contributed by atoms with Crippen molar-refractivity contribution in [3.8, 4) is 0 Å². The number of imidazole rings is 1. The van der Waals surface area contributed by atoms with Crippen molar-refractivity contribution >= 4 is 6.20 Å². The third-order valence-electron chi connectivity index (χ3n) is 2.49. The highest BCUT2D eigenvalue weighted by Gasteiger charge is 1.97. The number of aromatic amines is 1. The van der Waals surface area contributed by atoms with Crippen LogP contribution in [0.2, 0.25) is 0 Å². The quantitative estimate of drug-likeness (QED) is 0.709. The van der Waals surface area contributed by atoms with Gasteiger partial charge in [0, 0.05) is 43.3 Å². The molecule has 0 aliphatic rings. The Bertz CT molecular complexity index is 443. The molecule has 2 N–H and O–H groups in total. The molecule has 2 aromatic heterocycles. The van der Waals surface area contributed by atoms with E-state index in [2.05, 4.69) is 27.0 Å². The molecule has 5 nitrogen and oxygen atoms in total. The van der Waals surface area contributed by atoms with Gasteiger partial charge in [-0.15, -0.1) is 0 Å². The summed E-state index contributed by atoms with van der Waals surface area (Å²) in [6.45, 7) is 5.46. The molecule has 0 bridgehead atoms. The number of hydrogen-bond acceptors (Lipinski definition) is 3. The maximum absolute atomic E-state index is 4.18. The summed E-state index contributed by atoms with van der Waals surface area (Å²) in [5, 5.41) is 7.49. The number of hydrogen-bond donors (Lipinski definition) is 2. The van der Waals surface area contributed by atoms with Gasteiger partial charge < -0.3 is 10.3 Å². The molecule has 90 valence electrons. The Kier molecular flexibility index (Phi) is 4.10. The van der Waals surface area contributed by atoms with E-state index in [0.29, 0.717) is 0 Å². The van der Waals surface area contributed by atoms with Crippen LogP contribution >= 0.6 is 0 Å². The Morgan fingerprint density at radius 2 is 2.47 bits per heavy atom. The van der Waals surface area contributed by atoms with E-state index in [1.54, 1.807) is 17.1 Å². The van der Waals surface area contributed by atoms with Crippen molar-refractivity contribution in [1.82, 2.24) is 25.1 Å². The molecular weight excluding hydrogens is 214 g/mol. The first-order valence-electron chi connectivity index (χ1n) is 5.73. The lowest BCUT2D eigenvalue weighted by Crippen LogP contribution is -2.15. The number of nitrogens with one attached hydrogen (secondary N) is 2. The largest absolute Gasteiger partial charge is 0.349 e. The van der Waals surface area contributed by atoms with Crippen LogP contribution in [0.15, 0.2) is 31.4 Å².